The maximum Gasteiger partial charge on any atom is 0.264 e. The molecule has 6 nitrogen and oxygen atoms in total. The molecule has 1 amide bonds. The van der Waals surface area contributed by atoms with E-state index in [1.54, 1.807) is 36.4 Å². The molecule has 0 aromatic heterocycles. The highest BCUT2D eigenvalue weighted by Crippen LogP contribution is 2.31. The number of carbonyl (C=O) groups excluding carboxylic acids is 1. The molecular weight excluding hydrogens is 472 g/mol. The molecule has 184 valence electrons. The smallest absolute Gasteiger partial charge is 0.264 e. The van der Waals surface area contributed by atoms with Gasteiger partial charge < -0.3 is 10.1 Å². The van der Waals surface area contributed by atoms with Gasteiger partial charge in [0.1, 0.15) is 5.75 Å². The first-order valence-corrected chi connectivity index (χ1v) is 12.9. The van der Waals surface area contributed by atoms with Crippen LogP contribution in [0, 0.1) is 13.8 Å². The molecule has 0 aliphatic carbocycles. The predicted molar refractivity (Wildman–Crippen MR) is 143 cm³/mol. The summed E-state index contributed by atoms with van der Waals surface area (Å²) < 4.78 is 34.3. The van der Waals surface area contributed by atoms with Crippen molar-refractivity contribution in [2.45, 2.75) is 25.3 Å². The second kappa shape index (κ2) is 10.7. The number of carbonyl (C=O) groups is 1. The Labute approximate surface area is 212 Å². The number of hydrogen-bond acceptors (Lipinski definition) is 4. The molecule has 0 spiro atoms. The minimum Gasteiger partial charge on any atom is -0.497 e. The summed E-state index contributed by atoms with van der Waals surface area (Å²) >= 11 is 0. The van der Waals surface area contributed by atoms with Gasteiger partial charge in [-0.3, -0.25) is 9.10 Å². The number of aryl methyl sites for hydroxylation is 2. The van der Waals surface area contributed by atoms with Crippen molar-refractivity contribution < 1.29 is 17.9 Å². The van der Waals surface area contributed by atoms with Crippen molar-refractivity contribution >= 4 is 27.3 Å². The molecule has 0 bridgehead atoms. The zero-order valence-electron chi connectivity index (χ0n) is 20.4. The summed E-state index contributed by atoms with van der Waals surface area (Å²) in [6.07, 6.45) is 0. The number of hydrogen-bond donors (Lipinski definition) is 1. The molecule has 36 heavy (non-hydrogen) atoms. The summed E-state index contributed by atoms with van der Waals surface area (Å²) in [6.45, 7) is 3.97. The molecular formula is C29H28N2O4S. The second-order valence-electron chi connectivity index (χ2n) is 8.46. The first-order valence-electron chi connectivity index (χ1n) is 11.5. The van der Waals surface area contributed by atoms with Crippen LogP contribution < -0.4 is 14.4 Å². The van der Waals surface area contributed by atoms with Crippen LogP contribution in [-0.4, -0.2) is 21.4 Å². The molecule has 1 N–H and O–H groups in total. The van der Waals surface area contributed by atoms with Gasteiger partial charge in [-0.15, -0.1) is 0 Å². The number of ether oxygens (including phenoxy) is 1. The SMILES string of the molecule is COc1ccc(S(=O)(=O)N(Cc2ccccc2)c2ccccc2C(=O)Nc2ccc(C)cc2C)cc1. The van der Waals surface area contributed by atoms with E-state index in [2.05, 4.69) is 5.32 Å². The van der Waals surface area contributed by atoms with E-state index in [1.165, 1.54) is 23.5 Å². The van der Waals surface area contributed by atoms with Crippen LogP contribution in [0.3, 0.4) is 0 Å². The Morgan fingerprint density at radius 3 is 2.19 bits per heavy atom. The molecule has 0 fully saturated rings. The van der Waals surface area contributed by atoms with E-state index in [-0.39, 0.29) is 22.9 Å². The fourth-order valence-electron chi connectivity index (χ4n) is 3.95. The van der Waals surface area contributed by atoms with Gasteiger partial charge in [0.05, 0.1) is 29.8 Å². The van der Waals surface area contributed by atoms with E-state index < -0.39 is 10.0 Å². The van der Waals surface area contributed by atoms with Gasteiger partial charge in [0, 0.05) is 5.69 Å². The van der Waals surface area contributed by atoms with Crippen molar-refractivity contribution in [3.05, 3.63) is 119 Å². The summed E-state index contributed by atoms with van der Waals surface area (Å²) in [5, 5.41) is 2.94. The molecule has 0 radical (unpaired) electrons. The van der Waals surface area contributed by atoms with Crippen LogP contribution in [0.4, 0.5) is 11.4 Å². The molecule has 4 aromatic rings. The molecule has 7 heteroatoms. The van der Waals surface area contributed by atoms with Gasteiger partial charge in [-0.25, -0.2) is 8.42 Å². The van der Waals surface area contributed by atoms with Crippen LogP contribution in [-0.2, 0) is 16.6 Å². The Morgan fingerprint density at radius 2 is 1.53 bits per heavy atom. The van der Waals surface area contributed by atoms with Crippen molar-refractivity contribution in [2.75, 3.05) is 16.7 Å². The summed E-state index contributed by atoms with van der Waals surface area (Å²) in [5.74, 6) is 0.164. The van der Waals surface area contributed by atoms with Crippen LogP contribution in [0.5, 0.6) is 5.75 Å². The van der Waals surface area contributed by atoms with Gasteiger partial charge in [0.25, 0.3) is 15.9 Å². The Kier molecular flexibility index (Phi) is 7.41. The van der Waals surface area contributed by atoms with Crippen molar-refractivity contribution in [2.24, 2.45) is 0 Å². The fraction of sp³-hybridized carbons (Fsp3) is 0.138. The van der Waals surface area contributed by atoms with Crippen LogP contribution in [0.15, 0.2) is 102 Å². The lowest BCUT2D eigenvalue weighted by Gasteiger charge is -2.27. The number of para-hydroxylation sites is 1. The quantitative estimate of drug-likeness (QED) is 0.324. The largest absolute Gasteiger partial charge is 0.497 e. The Hall–Kier alpha value is -4.10. The van der Waals surface area contributed by atoms with Crippen LogP contribution in [0.25, 0.3) is 0 Å². The average Bonchev–Trinajstić information content (AvgIpc) is 2.89. The molecule has 0 saturated heterocycles. The number of anilines is 2. The van der Waals surface area contributed by atoms with E-state index in [9.17, 15) is 13.2 Å². The Morgan fingerprint density at radius 1 is 0.861 bits per heavy atom. The van der Waals surface area contributed by atoms with E-state index in [1.807, 2.05) is 62.4 Å². The minimum atomic E-state index is -4.02. The van der Waals surface area contributed by atoms with Crippen LogP contribution >= 0.6 is 0 Å². The first-order chi connectivity index (χ1) is 17.3. The molecule has 0 aliphatic heterocycles. The Bertz CT molecular complexity index is 1470. The van der Waals surface area contributed by atoms with Gasteiger partial charge in [-0.2, -0.15) is 0 Å². The van der Waals surface area contributed by atoms with E-state index in [4.69, 9.17) is 4.74 Å². The average molecular weight is 501 g/mol. The third-order valence-corrected chi connectivity index (χ3v) is 7.64. The molecule has 0 saturated carbocycles. The molecule has 0 unspecified atom stereocenters. The number of sulfonamides is 1. The Balaban J connectivity index is 1.78. The third kappa shape index (κ3) is 5.42. The zero-order valence-corrected chi connectivity index (χ0v) is 21.2. The van der Waals surface area contributed by atoms with Crippen LogP contribution in [0.2, 0.25) is 0 Å². The number of amides is 1. The van der Waals surface area contributed by atoms with Crippen molar-refractivity contribution in [1.82, 2.24) is 0 Å². The minimum absolute atomic E-state index is 0.0586. The van der Waals surface area contributed by atoms with Gasteiger partial charge in [-0.05, 0) is 67.4 Å². The maximum absolute atomic E-state index is 13.9. The summed E-state index contributed by atoms with van der Waals surface area (Å²) in [6, 6.07) is 28.0. The predicted octanol–water partition coefficient (Wildman–Crippen LogP) is 5.96. The zero-order chi connectivity index (χ0) is 25.7. The fourth-order valence-corrected chi connectivity index (χ4v) is 5.42. The van der Waals surface area contributed by atoms with Crippen molar-refractivity contribution in [1.29, 1.82) is 0 Å². The van der Waals surface area contributed by atoms with E-state index in [0.717, 1.165) is 16.7 Å². The monoisotopic (exact) mass is 500 g/mol. The van der Waals surface area contributed by atoms with Crippen LogP contribution in [0.1, 0.15) is 27.0 Å². The molecule has 0 atom stereocenters. The lowest BCUT2D eigenvalue weighted by Crippen LogP contribution is -2.32. The van der Waals surface area contributed by atoms with Gasteiger partial charge in [0.2, 0.25) is 0 Å². The summed E-state index contributed by atoms with van der Waals surface area (Å²) in [5.41, 5.74) is 4.02. The van der Waals surface area contributed by atoms with Gasteiger partial charge >= 0.3 is 0 Å². The lowest BCUT2D eigenvalue weighted by atomic mass is 10.1. The number of benzene rings is 4. The summed E-state index contributed by atoms with van der Waals surface area (Å²) in [4.78, 5) is 13.5. The molecule has 4 aromatic carbocycles. The number of nitrogens with one attached hydrogen (secondary N) is 1. The molecule has 4 rings (SSSR count). The summed E-state index contributed by atoms with van der Waals surface area (Å²) in [7, 11) is -2.50. The second-order valence-corrected chi connectivity index (χ2v) is 10.3. The van der Waals surface area contributed by atoms with Crippen molar-refractivity contribution in [3.8, 4) is 5.75 Å². The van der Waals surface area contributed by atoms with E-state index in [0.29, 0.717) is 17.1 Å². The highest BCUT2D eigenvalue weighted by molar-refractivity contribution is 7.92. The highest BCUT2D eigenvalue weighted by atomic mass is 32.2. The maximum atomic E-state index is 13.9. The first kappa shape index (κ1) is 25.0. The van der Waals surface area contributed by atoms with Gasteiger partial charge in [-0.1, -0.05) is 60.2 Å². The standard InChI is InChI=1S/C29H28N2O4S/c1-21-13-18-27(22(2)19-21)30-29(32)26-11-7-8-12-28(26)31(20-23-9-5-4-6-10-23)36(33,34)25-16-14-24(35-3)15-17-25/h4-19H,20H2,1-3H3,(H,30,32). The molecule has 0 aliphatic rings. The topological polar surface area (TPSA) is 75.7 Å². The third-order valence-electron chi connectivity index (χ3n) is 5.86. The normalized spacial score (nSPS) is 11.1. The molecule has 0 heterocycles. The van der Waals surface area contributed by atoms with E-state index >= 15 is 0 Å². The van der Waals surface area contributed by atoms with Crippen molar-refractivity contribution in [3.63, 3.8) is 0 Å². The van der Waals surface area contributed by atoms with Gasteiger partial charge in [0.15, 0.2) is 0 Å². The highest BCUT2D eigenvalue weighted by Gasteiger charge is 2.29. The number of nitrogens with zero attached hydrogens (tertiary/aromatic N) is 1. The number of methoxy groups -OCH3 is 1. The number of rotatable bonds is 8. The lowest BCUT2D eigenvalue weighted by molar-refractivity contribution is 0.102.